The van der Waals surface area contributed by atoms with Crippen molar-refractivity contribution in [2.75, 3.05) is 0 Å². The summed E-state index contributed by atoms with van der Waals surface area (Å²) < 4.78 is 0. The van der Waals surface area contributed by atoms with E-state index < -0.39 is 8.07 Å². The molecule has 0 aliphatic carbocycles. The van der Waals surface area contributed by atoms with Crippen molar-refractivity contribution in [1.82, 2.24) is 0 Å². The highest BCUT2D eigenvalue weighted by Gasteiger charge is 2.36. The topological polar surface area (TPSA) is 0 Å². The zero-order chi connectivity index (χ0) is 17.9. The van der Waals surface area contributed by atoms with Crippen LogP contribution in [0.3, 0.4) is 0 Å². The van der Waals surface area contributed by atoms with Crippen molar-refractivity contribution in [3.63, 3.8) is 0 Å². The largest absolute Gasteiger partial charge is 0.112 e. The number of hydrogen-bond donors (Lipinski definition) is 0. The Labute approximate surface area is 149 Å². The highest BCUT2D eigenvalue weighted by molar-refractivity contribution is 7.01. The summed E-state index contributed by atoms with van der Waals surface area (Å²) in [5, 5.41) is 3.29. The van der Waals surface area contributed by atoms with Crippen LogP contribution in [-0.4, -0.2) is 8.07 Å². The molecular weight excluding hydrogens is 304 g/mol. The van der Waals surface area contributed by atoms with Crippen LogP contribution in [-0.2, 0) is 17.3 Å². The molecule has 1 aliphatic heterocycles. The Morgan fingerprint density at radius 3 is 1.38 bits per heavy atom. The average molecular weight is 337 g/mol. The predicted molar refractivity (Wildman–Crippen MR) is 110 cm³/mol. The Morgan fingerprint density at radius 2 is 1.04 bits per heavy atom. The minimum Gasteiger partial charge on any atom is -0.0616 e. The molecule has 0 amide bonds. The van der Waals surface area contributed by atoms with Crippen LogP contribution in [0.25, 0.3) is 0 Å². The van der Waals surface area contributed by atoms with E-state index in [1.165, 1.54) is 11.1 Å². The summed E-state index contributed by atoms with van der Waals surface area (Å²) in [6, 6.07) is 14.5. The van der Waals surface area contributed by atoms with Gasteiger partial charge in [0, 0.05) is 0 Å². The molecule has 1 heteroatoms. The molecule has 0 unspecified atom stereocenters. The fourth-order valence-electron chi connectivity index (χ4n) is 3.91. The van der Waals surface area contributed by atoms with E-state index in [-0.39, 0.29) is 10.8 Å². The normalized spacial score (nSPS) is 16.5. The van der Waals surface area contributed by atoms with Gasteiger partial charge in [-0.15, -0.1) is 0 Å². The van der Waals surface area contributed by atoms with Gasteiger partial charge in [-0.25, -0.2) is 0 Å². The van der Waals surface area contributed by atoms with Crippen LogP contribution in [0.1, 0.15) is 63.8 Å². The lowest BCUT2D eigenvalue weighted by Gasteiger charge is -2.36. The van der Waals surface area contributed by atoms with Crippen LogP contribution in [0.2, 0.25) is 13.1 Å². The molecule has 0 atom stereocenters. The van der Waals surface area contributed by atoms with E-state index >= 15 is 0 Å². The fraction of sp³-hybridized carbons (Fsp3) is 0.478. The van der Waals surface area contributed by atoms with E-state index in [2.05, 4.69) is 91.0 Å². The van der Waals surface area contributed by atoms with Crippen molar-refractivity contribution in [2.45, 2.75) is 71.9 Å². The highest BCUT2D eigenvalue weighted by atomic mass is 28.3. The fourth-order valence-corrected chi connectivity index (χ4v) is 7.18. The van der Waals surface area contributed by atoms with Gasteiger partial charge in [0.15, 0.2) is 0 Å². The maximum atomic E-state index is 2.53. The molecule has 128 valence electrons. The monoisotopic (exact) mass is 336 g/mol. The number of fused-ring (bicyclic) bond motifs is 2. The highest BCUT2D eigenvalue weighted by Crippen LogP contribution is 2.28. The third-order valence-electron chi connectivity index (χ3n) is 5.68. The smallest absolute Gasteiger partial charge is 0.0616 e. The van der Waals surface area contributed by atoms with Crippen molar-refractivity contribution in [3.8, 4) is 0 Å². The molecule has 0 N–H and O–H groups in total. The lowest BCUT2D eigenvalue weighted by Crippen LogP contribution is -2.58. The van der Waals surface area contributed by atoms with Crippen molar-refractivity contribution < 1.29 is 0 Å². The summed E-state index contributed by atoms with van der Waals surface area (Å²) in [5.41, 5.74) is 6.47. The first-order valence-corrected chi connectivity index (χ1v) is 12.2. The summed E-state index contributed by atoms with van der Waals surface area (Å²) in [7, 11) is -1.65. The minimum atomic E-state index is -1.65. The molecule has 0 saturated carbocycles. The van der Waals surface area contributed by atoms with Crippen LogP contribution >= 0.6 is 0 Å². The van der Waals surface area contributed by atoms with Crippen molar-refractivity contribution in [3.05, 3.63) is 58.7 Å². The van der Waals surface area contributed by atoms with E-state index in [0.29, 0.717) is 0 Å². The Balaban J connectivity index is 2.18. The molecule has 0 spiro atoms. The quantitative estimate of drug-likeness (QED) is 0.593. The zero-order valence-electron chi connectivity index (χ0n) is 16.7. The minimum absolute atomic E-state index is 0.215. The molecule has 0 aromatic heterocycles. The van der Waals surface area contributed by atoms with Gasteiger partial charge in [0.05, 0.1) is 0 Å². The Morgan fingerprint density at radius 1 is 0.667 bits per heavy atom. The molecular formula is C23H32Si. The van der Waals surface area contributed by atoms with Gasteiger partial charge < -0.3 is 0 Å². The molecule has 0 radical (unpaired) electrons. The molecule has 2 aromatic rings. The molecule has 0 nitrogen and oxygen atoms in total. The molecule has 24 heavy (non-hydrogen) atoms. The van der Waals surface area contributed by atoms with Crippen LogP contribution in [0.5, 0.6) is 0 Å². The maximum Gasteiger partial charge on any atom is 0.112 e. The molecule has 0 bridgehead atoms. The van der Waals surface area contributed by atoms with Gasteiger partial charge in [-0.1, -0.05) is 101 Å². The van der Waals surface area contributed by atoms with E-state index in [1.807, 2.05) is 0 Å². The third kappa shape index (κ3) is 2.88. The first-order valence-electron chi connectivity index (χ1n) is 9.18. The van der Waals surface area contributed by atoms with Gasteiger partial charge >= 0.3 is 0 Å². The Kier molecular flexibility index (Phi) is 3.88. The average Bonchev–Trinajstić information content (AvgIpc) is 2.44. The summed E-state index contributed by atoms with van der Waals surface area (Å²) in [6.07, 6.45) is 1.09. The third-order valence-corrected chi connectivity index (χ3v) is 9.30. The van der Waals surface area contributed by atoms with Gasteiger partial charge in [-0.3, -0.25) is 0 Å². The second-order valence-electron chi connectivity index (χ2n) is 10.0. The predicted octanol–water partition coefficient (Wildman–Crippen LogP) is 5.01. The van der Waals surface area contributed by atoms with Gasteiger partial charge in [0.1, 0.15) is 8.07 Å². The second kappa shape index (κ2) is 5.33. The molecule has 2 aromatic carbocycles. The lowest BCUT2D eigenvalue weighted by atomic mass is 9.85. The van der Waals surface area contributed by atoms with Gasteiger partial charge in [0.2, 0.25) is 0 Å². The van der Waals surface area contributed by atoms with E-state index in [4.69, 9.17) is 0 Å². The number of benzene rings is 2. The number of hydrogen-bond acceptors (Lipinski definition) is 0. The first-order chi connectivity index (χ1) is 10.9. The van der Waals surface area contributed by atoms with Crippen LogP contribution in [0.4, 0.5) is 0 Å². The van der Waals surface area contributed by atoms with Crippen molar-refractivity contribution >= 4 is 18.4 Å². The molecule has 3 rings (SSSR count). The van der Waals surface area contributed by atoms with Gasteiger partial charge in [-0.05, 0) is 39.5 Å². The van der Waals surface area contributed by atoms with Gasteiger partial charge in [-0.2, -0.15) is 0 Å². The molecule has 1 aliphatic rings. The standard InChI is InChI=1S/C23H32Si/c1-22(2,3)18-11-9-16-13-17-10-12-19(23(4,5)6)15-21(17)24(7,8)20(16)14-18/h9-12,14-15H,13H2,1-8H3. The SMILES string of the molecule is CC(C)(C)c1ccc2c(c1)[Si](C)(C)c1cc(C(C)(C)C)ccc1C2. The second-order valence-corrected chi connectivity index (χ2v) is 14.4. The molecule has 1 heterocycles. The molecule has 0 saturated heterocycles. The summed E-state index contributed by atoms with van der Waals surface area (Å²) in [5.74, 6) is 0. The van der Waals surface area contributed by atoms with Crippen LogP contribution in [0, 0.1) is 0 Å². The zero-order valence-corrected chi connectivity index (χ0v) is 17.7. The molecule has 0 fully saturated rings. The summed E-state index contributed by atoms with van der Waals surface area (Å²) in [4.78, 5) is 0. The van der Waals surface area contributed by atoms with Gasteiger partial charge in [0.25, 0.3) is 0 Å². The Bertz CT molecular complexity index is 717. The first kappa shape index (κ1) is 17.5. The lowest BCUT2D eigenvalue weighted by molar-refractivity contribution is 0.590. The van der Waals surface area contributed by atoms with Crippen LogP contribution in [0.15, 0.2) is 36.4 Å². The van der Waals surface area contributed by atoms with E-state index in [9.17, 15) is 0 Å². The van der Waals surface area contributed by atoms with Crippen molar-refractivity contribution in [2.24, 2.45) is 0 Å². The Hall–Kier alpha value is -1.34. The van der Waals surface area contributed by atoms with E-state index in [0.717, 1.165) is 6.42 Å². The summed E-state index contributed by atoms with van der Waals surface area (Å²) >= 11 is 0. The van der Waals surface area contributed by atoms with Crippen LogP contribution < -0.4 is 10.4 Å². The number of rotatable bonds is 0. The maximum absolute atomic E-state index is 2.53. The van der Waals surface area contributed by atoms with E-state index in [1.54, 1.807) is 21.5 Å². The van der Waals surface area contributed by atoms with Crippen molar-refractivity contribution in [1.29, 1.82) is 0 Å². The summed E-state index contributed by atoms with van der Waals surface area (Å²) in [6.45, 7) is 19.0.